The minimum absolute atomic E-state index is 0.544. The third-order valence-electron chi connectivity index (χ3n) is 1.69. The van der Waals surface area contributed by atoms with Crippen LogP contribution in [-0.4, -0.2) is 25.3 Å². The summed E-state index contributed by atoms with van der Waals surface area (Å²) in [5.74, 6) is 0. The normalized spacial score (nSPS) is 10.4. The largest absolute Gasteiger partial charge is 0.382 e. The van der Waals surface area contributed by atoms with Crippen LogP contribution in [0.2, 0.25) is 0 Å². The van der Waals surface area contributed by atoms with Crippen molar-refractivity contribution in [2.75, 3.05) is 20.3 Å². The number of nitrogens with one attached hydrogen (secondary N) is 1. The molecule has 78 valence electrons. The quantitative estimate of drug-likeness (QED) is 0.545. The highest BCUT2D eigenvalue weighted by atomic mass is 16.7. The first kappa shape index (κ1) is 11.1. The number of aryl methyl sites for hydroxylation is 1. The van der Waals surface area contributed by atoms with E-state index in [2.05, 4.69) is 10.5 Å². The fourth-order valence-electron chi connectivity index (χ4n) is 1.02. The van der Waals surface area contributed by atoms with Crippen molar-refractivity contribution in [3.63, 3.8) is 0 Å². The summed E-state index contributed by atoms with van der Waals surface area (Å²) in [6.07, 6.45) is 0. The van der Waals surface area contributed by atoms with Gasteiger partial charge in [-0.25, -0.2) is 0 Å². The average Bonchev–Trinajstić information content (AvgIpc) is 2.18. The van der Waals surface area contributed by atoms with Crippen molar-refractivity contribution in [2.24, 2.45) is 0 Å². The fourth-order valence-corrected chi connectivity index (χ4v) is 1.02. The monoisotopic (exact) mass is 196 g/mol. The van der Waals surface area contributed by atoms with Gasteiger partial charge in [0.15, 0.2) is 0 Å². The second kappa shape index (κ2) is 6.48. The lowest BCUT2D eigenvalue weighted by Gasteiger charge is -2.05. The van der Waals surface area contributed by atoms with Gasteiger partial charge in [0, 0.05) is 12.8 Å². The molecule has 0 spiro atoms. The van der Waals surface area contributed by atoms with Crippen LogP contribution in [-0.2, 0) is 16.1 Å². The van der Waals surface area contributed by atoms with Gasteiger partial charge in [0.25, 0.3) is 0 Å². The van der Waals surface area contributed by atoms with Crippen molar-refractivity contribution in [3.8, 4) is 0 Å². The van der Waals surface area contributed by atoms with E-state index in [4.69, 9.17) is 9.57 Å². The summed E-state index contributed by atoms with van der Waals surface area (Å²) in [4.78, 5) is 9.42. The molecule has 0 aliphatic carbocycles. The molecule has 4 nitrogen and oxygen atoms in total. The SMILES string of the molecule is COCCONCc1cccc(C)n1. The Kier molecular flexibility index (Phi) is 5.14. The predicted molar refractivity (Wildman–Crippen MR) is 53.6 cm³/mol. The Morgan fingerprint density at radius 2 is 2.21 bits per heavy atom. The highest BCUT2D eigenvalue weighted by molar-refractivity contribution is 5.09. The number of ether oxygens (including phenoxy) is 1. The molecule has 0 saturated heterocycles. The summed E-state index contributed by atoms with van der Waals surface area (Å²) in [5, 5.41) is 0. The van der Waals surface area contributed by atoms with Gasteiger partial charge >= 0.3 is 0 Å². The van der Waals surface area contributed by atoms with E-state index in [-0.39, 0.29) is 0 Å². The molecule has 4 heteroatoms. The van der Waals surface area contributed by atoms with E-state index in [1.807, 2.05) is 25.1 Å². The Morgan fingerprint density at radius 3 is 2.93 bits per heavy atom. The van der Waals surface area contributed by atoms with Crippen molar-refractivity contribution in [3.05, 3.63) is 29.6 Å². The first-order valence-electron chi connectivity index (χ1n) is 4.59. The number of rotatable bonds is 6. The van der Waals surface area contributed by atoms with E-state index >= 15 is 0 Å². The maximum absolute atomic E-state index is 5.10. The van der Waals surface area contributed by atoms with E-state index in [1.54, 1.807) is 7.11 Å². The predicted octanol–water partition coefficient (Wildman–Crippen LogP) is 1.06. The Labute approximate surface area is 84.2 Å². The van der Waals surface area contributed by atoms with Crippen LogP contribution >= 0.6 is 0 Å². The second-order valence-electron chi connectivity index (χ2n) is 2.93. The van der Waals surface area contributed by atoms with Crippen molar-refractivity contribution in [1.29, 1.82) is 0 Å². The molecule has 0 unspecified atom stereocenters. The van der Waals surface area contributed by atoms with E-state index < -0.39 is 0 Å². The number of hydrogen-bond acceptors (Lipinski definition) is 4. The van der Waals surface area contributed by atoms with E-state index in [0.717, 1.165) is 11.4 Å². The van der Waals surface area contributed by atoms with Crippen LogP contribution in [0.4, 0.5) is 0 Å². The van der Waals surface area contributed by atoms with Crippen molar-refractivity contribution in [1.82, 2.24) is 10.5 Å². The van der Waals surface area contributed by atoms with Gasteiger partial charge < -0.3 is 4.74 Å². The average molecular weight is 196 g/mol. The number of methoxy groups -OCH3 is 1. The van der Waals surface area contributed by atoms with Crippen molar-refractivity contribution in [2.45, 2.75) is 13.5 Å². The summed E-state index contributed by atoms with van der Waals surface area (Å²) >= 11 is 0. The Hall–Kier alpha value is -0.970. The molecule has 1 rings (SSSR count). The molecule has 0 amide bonds. The number of hydroxylamine groups is 1. The molecule has 0 fully saturated rings. The molecule has 0 aliphatic rings. The molecule has 0 radical (unpaired) electrons. The Morgan fingerprint density at radius 1 is 1.36 bits per heavy atom. The topological polar surface area (TPSA) is 43.4 Å². The fraction of sp³-hybridized carbons (Fsp3) is 0.500. The van der Waals surface area contributed by atoms with Gasteiger partial charge in [-0.05, 0) is 19.1 Å². The van der Waals surface area contributed by atoms with Gasteiger partial charge in [-0.1, -0.05) is 6.07 Å². The summed E-state index contributed by atoms with van der Waals surface area (Å²) in [7, 11) is 1.64. The zero-order chi connectivity index (χ0) is 10.2. The van der Waals surface area contributed by atoms with E-state index in [0.29, 0.717) is 19.8 Å². The summed E-state index contributed by atoms with van der Waals surface area (Å²) < 4.78 is 4.83. The van der Waals surface area contributed by atoms with E-state index in [9.17, 15) is 0 Å². The smallest absolute Gasteiger partial charge is 0.0916 e. The minimum atomic E-state index is 0.544. The zero-order valence-electron chi connectivity index (χ0n) is 8.62. The Bertz CT molecular complexity index is 266. The molecule has 0 aliphatic heterocycles. The van der Waals surface area contributed by atoms with Gasteiger partial charge in [-0.15, -0.1) is 0 Å². The number of aromatic nitrogens is 1. The van der Waals surface area contributed by atoms with Gasteiger partial charge in [-0.2, -0.15) is 5.48 Å². The third kappa shape index (κ3) is 4.32. The molecule has 14 heavy (non-hydrogen) atoms. The first-order valence-corrected chi connectivity index (χ1v) is 4.59. The van der Waals surface area contributed by atoms with Crippen molar-refractivity contribution >= 4 is 0 Å². The molecule has 0 atom stereocenters. The lowest BCUT2D eigenvalue weighted by atomic mass is 10.3. The van der Waals surface area contributed by atoms with Crippen LogP contribution in [0.15, 0.2) is 18.2 Å². The molecule has 0 saturated carbocycles. The zero-order valence-corrected chi connectivity index (χ0v) is 8.62. The molecule has 0 bridgehead atoms. The van der Waals surface area contributed by atoms with Gasteiger partial charge in [0.05, 0.1) is 25.5 Å². The molecule has 1 aromatic heterocycles. The van der Waals surface area contributed by atoms with Crippen LogP contribution in [0.25, 0.3) is 0 Å². The highest BCUT2D eigenvalue weighted by Gasteiger charge is 1.93. The maximum atomic E-state index is 5.10. The highest BCUT2D eigenvalue weighted by Crippen LogP contribution is 1.96. The lowest BCUT2D eigenvalue weighted by molar-refractivity contribution is 0.00297. The first-order chi connectivity index (χ1) is 6.83. The van der Waals surface area contributed by atoms with Crippen LogP contribution in [0.3, 0.4) is 0 Å². The standard InChI is InChI=1S/C10H16N2O2/c1-9-4-3-5-10(12-9)8-11-14-7-6-13-2/h3-5,11H,6-8H2,1-2H3. The summed E-state index contributed by atoms with van der Waals surface area (Å²) in [6, 6.07) is 5.91. The number of pyridine rings is 1. The second-order valence-corrected chi connectivity index (χ2v) is 2.93. The van der Waals surface area contributed by atoms with Crippen LogP contribution in [0, 0.1) is 6.92 Å². The molecule has 1 N–H and O–H groups in total. The Balaban J connectivity index is 2.18. The van der Waals surface area contributed by atoms with Crippen LogP contribution in [0.5, 0.6) is 0 Å². The minimum Gasteiger partial charge on any atom is -0.382 e. The number of nitrogens with zero attached hydrogens (tertiary/aromatic N) is 1. The lowest BCUT2D eigenvalue weighted by Crippen LogP contribution is -2.17. The summed E-state index contributed by atoms with van der Waals surface area (Å²) in [5.41, 5.74) is 4.81. The van der Waals surface area contributed by atoms with Gasteiger partial charge in [0.1, 0.15) is 0 Å². The molecular formula is C10H16N2O2. The number of hydrogen-bond donors (Lipinski definition) is 1. The van der Waals surface area contributed by atoms with E-state index in [1.165, 1.54) is 0 Å². The molecular weight excluding hydrogens is 180 g/mol. The maximum Gasteiger partial charge on any atom is 0.0916 e. The molecule has 1 heterocycles. The van der Waals surface area contributed by atoms with Gasteiger partial charge in [-0.3, -0.25) is 9.82 Å². The summed E-state index contributed by atoms with van der Waals surface area (Å²) in [6.45, 7) is 3.72. The van der Waals surface area contributed by atoms with Gasteiger partial charge in [0.2, 0.25) is 0 Å². The van der Waals surface area contributed by atoms with Crippen LogP contribution in [0.1, 0.15) is 11.4 Å². The molecule has 0 aromatic carbocycles. The third-order valence-corrected chi connectivity index (χ3v) is 1.69. The van der Waals surface area contributed by atoms with Crippen molar-refractivity contribution < 1.29 is 9.57 Å². The van der Waals surface area contributed by atoms with Crippen LogP contribution < -0.4 is 5.48 Å². The molecule has 1 aromatic rings.